The summed E-state index contributed by atoms with van der Waals surface area (Å²) in [6, 6.07) is 17.5. The quantitative estimate of drug-likeness (QED) is 0.689. The fourth-order valence-corrected chi connectivity index (χ4v) is 5.61. The molecule has 0 N–H and O–H groups in total. The van der Waals surface area contributed by atoms with Crippen molar-refractivity contribution in [1.82, 2.24) is 0 Å². The molecule has 0 fully saturated rings. The summed E-state index contributed by atoms with van der Waals surface area (Å²) in [5.74, 6) is 0. The summed E-state index contributed by atoms with van der Waals surface area (Å²) in [4.78, 5) is 0. The van der Waals surface area contributed by atoms with E-state index >= 15 is 0 Å². The van der Waals surface area contributed by atoms with Crippen molar-refractivity contribution in [1.29, 1.82) is 0 Å². The first-order valence-electron chi connectivity index (χ1n) is 7.66. The van der Waals surface area contributed by atoms with Crippen molar-refractivity contribution < 1.29 is 0 Å². The van der Waals surface area contributed by atoms with Crippen LogP contribution in [0.1, 0.15) is 17.5 Å². The van der Waals surface area contributed by atoms with Crippen LogP contribution in [0.5, 0.6) is 0 Å². The molecule has 1 aliphatic carbocycles. The molecular formula is C21H21P. The number of rotatable bonds is 3. The van der Waals surface area contributed by atoms with Crippen molar-refractivity contribution >= 4 is 18.5 Å². The highest BCUT2D eigenvalue weighted by atomic mass is 31.1. The molecule has 22 heavy (non-hydrogen) atoms. The van der Waals surface area contributed by atoms with E-state index in [1.807, 2.05) is 0 Å². The molecule has 0 heterocycles. The molecule has 0 saturated heterocycles. The molecule has 0 saturated carbocycles. The van der Waals surface area contributed by atoms with Gasteiger partial charge in [0, 0.05) is 0 Å². The highest BCUT2D eigenvalue weighted by molar-refractivity contribution is 7.77. The van der Waals surface area contributed by atoms with Crippen LogP contribution in [0.2, 0.25) is 0 Å². The van der Waals surface area contributed by atoms with Crippen molar-refractivity contribution in [2.24, 2.45) is 0 Å². The summed E-state index contributed by atoms with van der Waals surface area (Å²) in [5.41, 5.74) is 3.88. The average Bonchev–Trinajstić information content (AvgIpc) is 2.53. The van der Waals surface area contributed by atoms with Crippen molar-refractivity contribution in [3.05, 3.63) is 95.4 Å². The van der Waals surface area contributed by atoms with E-state index in [0.29, 0.717) is 0 Å². The summed E-state index contributed by atoms with van der Waals surface area (Å²) in [5, 5.41) is 4.28. The van der Waals surface area contributed by atoms with Gasteiger partial charge in [0.1, 0.15) is 0 Å². The highest BCUT2D eigenvalue weighted by Crippen LogP contribution is 2.49. The second kappa shape index (κ2) is 6.46. The van der Waals surface area contributed by atoms with Gasteiger partial charge in [0.25, 0.3) is 0 Å². The molecular weight excluding hydrogens is 283 g/mol. The first kappa shape index (κ1) is 15.0. The predicted octanol–water partition coefficient (Wildman–Crippen LogP) is 5.14. The number of aryl methyl sites for hydroxylation is 2. The van der Waals surface area contributed by atoms with E-state index in [1.165, 1.54) is 27.1 Å². The maximum absolute atomic E-state index is 4.29. The lowest BCUT2D eigenvalue weighted by Crippen LogP contribution is -2.18. The molecule has 3 rings (SSSR count). The fourth-order valence-electron chi connectivity index (χ4n) is 2.86. The lowest BCUT2D eigenvalue weighted by molar-refractivity contribution is 1.33. The number of benzene rings is 2. The summed E-state index contributed by atoms with van der Waals surface area (Å²) in [6.07, 6.45) is 7.72. The Labute approximate surface area is 134 Å². The third-order valence-electron chi connectivity index (χ3n) is 4.05. The normalized spacial score (nSPS) is 14.3. The summed E-state index contributed by atoms with van der Waals surface area (Å²) in [7, 11) is -0.540. The van der Waals surface area contributed by atoms with E-state index in [4.69, 9.17) is 0 Å². The van der Waals surface area contributed by atoms with E-state index in [2.05, 4.69) is 87.2 Å². The zero-order valence-electron chi connectivity index (χ0n) is 13.2. The first-order chi connectivity index (χ1) is 10.7. The minimum Gasteiger partial charge on any atom is -0.0911 e. The maximum Gasteiger partial charge on any atom is -0.0121 e. The molecule has 0 aromatic heterocycles. The third kappa shape index (κ3) is 2.85. The largest absolute Gasteiger partial charge is 0.0911 e. The van der Waals surface area contributed by atoms with E-state index in [9.17, 15) is 0 Å². The molecule has 2 aromatic carbocycles. The van der Waals surface area contributed by atoms with Crippen molar-refractivity contribution in [3.8, 4) is 0 Å². The van der Waals surface area contributed by atoms with Crippen LogP contribution in [-0.2, 0) is 0 Å². The van der Waals surface area contributed by atoms with Gasteiger partial charge in [-0.15, -0.1) is 0 Å². The van der Waals surface area contributed by atoms with Gasteiger partial charge in [0.2, 0.25) is 0 Å². The number of hydrogen-bond acceptors (Lipinski definition) is 0. The molecule has 1 aliphatic rings. The SMILES string of the molecule is C=C1C=CCC=C1P(c1ccccc1C)c1ccccc1C. The van der Waals surface area contributed by atoms with Crippen LogP contribution in [-0.4, -0.2) is 0 Å². The lowest BCUT2D eigenvalue weighted by Gasteiger charge is -2.27. The molecule has 0 spiro atoms. The highest BCUT2D eigenvalue weighted by Gasteiger charge is 2.23. The Morgan fingerprint density at radius 3 is 1.91 bits per heavy atom. The summed E-state index contributed by atoms with van der Waals surface area (Å²) in [6.45, 7) is 8.71. The molecule has 0 amide bonds. The molecule has 110 valence electrons. The van der Waals surface area contributed by atoms with Crippen LogP contribution >= 0.6 is 7.92 Å². The predicted molar refractivity (Wildman–Crippen MR) is 99.5 cm³/mol. The monoisotopic (exact) mass is 304 g/mol. The molecule has 0 radical (unpaired) electrons. The van der Waals surface area contributed by atoms with Crippen LogP contribution in [0, 0.1) is 13.8 Å². The van der Waals surface area contributed by atoms with Gasteiger partial charge in [-0.2, -0.15) is 0 Å². The topological polar surface area (TPSA) is 0 Å². The van der Waals surface area contributed by atoms with Crippen LogP contribution in [0.15, 0.2) is 84.2 Å². The second-order valence-corrected chi connectivity index (χ2v) is 7.78. The zero-order valence-corrected chi connectivity index (χ0v) is 14.1. The van der Waals surface area contributed by atoms with Crippen LogP contribution in [0.3, 0.4) is 0 Å². The van der Waals surface area contributed by atoms with Gasteiger partial charge in [0.05, 0.1) is 0 Å². The Hall–Kier alpha value is -1.91. The van der Waals surface area contributed by atoms with Crippen molar-refractivity contribution in [2.45, 2.75) is 20.3 Å². The van der Waals surface area contributed by atoms with Crippen LogP contribution in [0.4, 0.5) is 0 Å². The maximum atomic E-state index is 4.29. The fraction of sp³-hybridized carbons (Fsp3) is 0.143. The van der Waals surface area contributed by atoms with Gasteiger partial charge in [-0.1, -0.05) is 73.3 Å². The van der Waals surface area contributed by atoms with Gasteiger partial charge in [0.15, 0.2) is 0 Å². The van der Waals surface area contributed by atoms with Crippen molar-refractivity contribution in [3.63, 3.8) is 0 Å². The Morgan fingerprint density at radius 1 is 0.864 bits per heavy atom. The van der Waals surface area contributed by atoms with E-state index < -0.39 is 7.92 Å². The van der Waals surface area contributed by atoms with Gasteiger partial charge >= 0.3 is 0 Å². The van der Waals surface area contributed by atoms with Gasteiger partial charge < -0.3 is 0 Å². The molecule has 2 aromatic rings. The Morgan fingerprint density at radius 2 is 1.41 bits per heavy atom. The van der Waals surface area contributed by atoms with Gasteiger partial charge in [-0.05, 0) is 60.8 Å². The Kier molecular flexibility index (Phi) is 4.41. The molecule has 0 aliphatic heterocycles. The Bertz CT molecular complexity index is 719. The van der Waals surface area contributed by atoms with E-state index in [-0.39, 0.29) is 0 Å². The molecule has 0 atom stereocenters. The van der Waals surface area contributed by atoms with Crippen LogP contribution < -0.4 is 10.6 Å². The number of hydrogen-bond donors (Lipinski definition) is 0. The average molecular weight is 304 g/mol. The summed E-state index contributed by atoms with van der Waals surface area (Å²) < 4.78 is 0. The standard InChI is InChI=1S/C21H21P/c1-16-10-4-7-13-19(16)22(20-14-8-5-11-17(20)2)21-15-9-6-12-18(21)3/h4-6,8-15H,1,7H2,2-3H3. The van der Waals surface area contributed by atoms with Crippen LogP contribution in [0.25, 0.3) is 0 Å². The van der Waals surface area contributed by atoms with E-state index in [0.717, 1.165) is 12.0 Å². The Balaban J connectivity index is 2.20. The summed E-state index contributed by atoms with van der Waals surface area (Å²) >= 11 is 0. The molecule has 0 nitrogen and oxygen atoms in total. The van der Waals surface area contributed by atoms with Gasteiger partial charge in [-0.25, -0.2) is 0 Å². The third-order valence-corrected chi connectivity index (χ3v) is 6.97. The second-order valence-electron chi connectivity index (χ2n) is 5.66. The lowest BCUT2D eigenvalue weighted by atomic mass is 10.1. The minimum absolute atomic E-state index is 0.540. The molecule has 0 bridgehead atoms. The minimum atomic E-state index is -0.540. The zero-order chi connectivity index (χ0) is 15.5. The smallest absolute Gasteiger partial charge is 0.0121 e. The van der Waals surface area contributed by atoms with Crippen molar-refractivity contribution in [2.75, 3.05) is 0 Å². The first-order valence-corrected chi connectivity index (χ1v) is 9.00. The van der Waals surface area contributed by atoms with E-state index in [1.54, 1.807) is 0 Å². The molecule has 1 heteroatoms. The van der Waals surface area contributed by atoms with Gasteiger partial charge in [-0.3, -0.25) is 0 Å². The molecule has 0 unspecified atom stereocenters. The number of allylic oxidation sites excluding steroid dienone is 5.